The molecule has 5 heteroatoms. The molecule has 0 spiro atoms. The minimum atomic E-state index is -0.223. The molecule has 18 heavy (non-hydrogen) atoms. The van der Waals surface area contributed by atoms with Crippen molar-refractivity contribution < 1.29 is 4.74 Å². The Morgan fingerprint density at radius 1 is 1.33 bits per heavy atom. The van der Waals surface area contributed by atoms with Crippen LogP contribution < -0.4 is 5.32 Å². The molecule has 2 aromatic rings. The van der Waals surface area contributed by atoms with Crippen molar-refractivity contribution in [2.75, 3.05) is 13.7 Å². The number of aromatic nitrogens is 2. The van der Waals surface area contributed by atoms with Gasteiger partial charge in [-0.15, -0.1) is 5.10 Å². The summed E-state index contributed by atoms with van der Waals surface area (Å²) in [5, 5.41) is 9.48. The molecule has 0 aliphatic heterocycles. The lowest BCUT2D eigenvalue weighted by Crippen LogP contribution is -2.43. The summed E-state index contributed by atoms with van der Waals surface area (Å²) in [4.78, 5) is 0. The van der Waals surface area contributed by atoms with E-state index in [-0.39, 0.29) is 5.54 Å². The van der Waals surface area contributed by atoms with Gasteiger partial charge in [-0.05, 0) is 24.0 Å². The first-order valence-electron chi connectivity index (χ1n) is 5.80. The third-order valence-corrected chi connectivity index (χ3v) is 3.46. The number of nitrogens with one attached hydrogen (secondary N) is 1. The van der Waals surface area contributed by atoms with Crippen LogP contribution in [0.4, 0.5) is 0 Å². The Bertz CT molecular complexity index is 460. The second-order valence-corrected chi connectivity index (χ2v) is 4.99. The molecule has 0 radical (unpaired) electrons. The predicted molar refractivity (Wildman–Crippen MR) is 72.4 cm³/mol. The van der Waals surface area contributed by atoms with Gasteiger partial charge in [0.1, 0.15) is 0 Å². The molecule has 0 aliphatic carbocycles. The topological polar surface area (TPSA) is 47.0 Å². The fourth-order valence-electron chi connectivity index (χ4n) is 1.88. The lowest BCUT2D eigenvalue weighted by Gasteiger charge is -2.30. The lowest BCUT2D eigenvalue weighted by atomic mass is 9.93. The third-order valence-electron chi connectivity index (χ3n) is 2.91. The first kappa shape index (κ1) is 13.1. The maximum atomic E-state index is 5.34. The summed E-state index contributed by atoms with van der Waals surface area (Å²) in [7, 11) is 1.72. The van der Waals surface area contributed by atoms with Gasteiger partial charge in [0, 0.05) is 19.0 Å². The summed E-state index contributed by atoms with van der Waals surface area (Å²) in [5.41, 5.74) is 1.94. The largest absolute Gasteiger partial charge is 0.382 e. The van der Waals surface area contributed by atoms with Crippen molar-refractivity contribution >= 4 is 11.5 Å². The molecule has 0 saturated carbocycles. The molecule has 0 amide bonds. The molecule has 1 N–H and O–H groups in total. The number of rotatable bonds is 6. The maximum Gasteiger partial charge on any atom is 0.0893 e. The highest BCUT2D eigenvalue weighted by atomic mass is 32.1. The number of benzene rings is 1. The Kier molecular flexibility index (Phi) is 4.41. The van der Waals surface area contributed by atoms with E-state index in [1.807, 2.05) is 23.6 Å². The van der Waals surface area contributed by atoms with Crippen molar-refractivity contribution in [2.24, 2.45) is 0 Å². The summed E-state index contributed by atoms with van der Waals surface area (Å²) in [6, 6.07) is 10.3. The molecule has 0 unspecified atom stereocenters. The molecule has 4 nitrogen and oxygen atoms in total. The summed E-state index contributed by atoms with van der Waals surface area (Å²) in [6.07, 6.45) is 0. The average Bonchev–Trinajstić information content (AvgIpc) is 2.91. The summed E-state index contributed by atoms with van der Waals surface area (Å²) in [6.45, 7) is 3.42. The van der Waals surface area contributed by atoms with Gasteiger partial charge in [-0.25, -0.2) is 0 Å². The fourth-order valence-corrected chi connectivity index (χ4v) is 2.33. The standard InChI is InChI=1S/C13H17N3OS/c1-13(10-17-2,11-6-4-3-5-7-11)14-8-12-9-18-16-15-12/h3-7,9,14H,8,10H2,1-2H3/t13-/m0/s1. The van der Waals surface area contributed by atoms with E-state index in [0.717, 1.165) is 5.69 Å². The van der Waals surface area contributed by atoms with Gasteiger partial charge in [0.15, 0.2) is 0 Å². The number of nitrogens with zero attached hydrogens (tertiary/aromatic N) is 2. The molecule has 0 aliphatic rings. The average molecular weight is 263 g/mol. The van der Waals surface area contributed by atoms with Crippen molar-refractivity contribution in [3.05, 3.63) is 47.0 Å². The van der Waals surface area contributed by atoms with Crippen LogP contribution in [-0.2, 0) is 16.8 Å². The Balaban J connectivity index is 2.11. The van der Waals surface area contributed by atoms with Crippen LogP contribution in [0, 0.1) is 0 Å². The monoisotopic (exact) mass is 263 g/mol. The van der Waals surface area contributed by atoms with E-state index in [2.05, 4.69) is 34.0 Å². The van der Waals surface area contributed by atoms with Crippen molar-refractivity contribution in [3.8, 4) is 0 Å². The van der Waals surface area contributed by atoms with Crippen LogP contribution in [0.2, 0.25) is 0 Å². The molecule has 0 bridgehead atoms. The summed E-state index contributed by atoms with van der Waals surface area (Å²) >= 11 is 1.37. The fraction of sp³-hybridized carbons (Fsp3) is 0.385. The van der Waals surface area contributed by atoms with Crippen molar-refractivity contribution in [1.82, 2.24) is 14.9 Å². The van der Waals surface area contributed by atoms with Crippen LogP contribution in [0.1, 0.15) is 18.2 Å². The second kappa shape index (κ2) is 6.04. The van der Waals surface area contributed by atoms with Gasteiger partial charge in [0.25, 0.3) is 0 Å². The quantitative estimate of drug-likeness (QED) is 0.868. The SMILES string of the molecule is COC[C@](C)(NCc1csnn1)c1ccccc1. The van der Waals surface area contributed by atoms with E-state index in [1.165, 1.54) is 17.1 Å². The highest BCUT2D eigenvalue weighted by Crippen LogP contribution is 2.21. The minimum absolute atomic E-state index is 0.223. The maximum absolute atomic E-state index is 5.34. The normalized spacial score (nSPS) is 14.3. The van der Waals surface area contributed by atoms with E-state index in [9.17, 15) is 0 Å². The van der Waals surface area contributed by atoms with Crippen LogP contribution in [0.25, 0.3) is 0 Å². The highest BCUT2D eigenvalue weighted by Gasteiger charge is 2.25. The smallest absolute Gasteiger partial charge is 0.0893 e. The molecule has 1 heterocycles. The number of ether oxygens (including phenoxy) is 1. The Morgan fingerprint density at radius 3 is 2.72 bits per heavy atom. The lowest BCUT2D eigenvalue weighted by molar-refractivity contribution is 0.117. The van der Waals surface area contributed by atoms with Gasteiger partial charge in [0.2, 0.25) is 0 Å². The van der Waals surface area contributed by atoms with Crippen molar-refractivity contribution in [2.45, 2.75) is 19.0 Å². The molecule has 1 aromatic carbocycles. The van der Waals surface area contributed by atoms with E-state index < -0.39 is 0 Å². The number of hydrogen-bond donors (Lipinski definition) is 1. The second-order valence-electron chi connectivity index (χ2n) is 4.38. The molecule has 0 fully saturated rings. The van der Waals surface area contributed by atoms with Crippen molar-refractivity contribution in [1.29, 1.82) is 0 Å². The minimum Gasteiger partial charge on any atom is -0.382 e. The predicted octanol–water partition coefficient (Wildman–Crippen LogP) is 2.19. The van der Waals surface area contributed by atoms with E-state index in [4.69, 9.17) is 4.74 Å². The summed E-state index contributed by atoms with van der Waals surface area (Å²) in [5.74, 6) is 0. The Labute approximate surface area is 111 Å². The molecule has 2 rings (SSSR count). The van der Waals surface area contributed by atoms with E-state index >= 15 is 0 Å². The third kappa shape index (κ3) is 3.13. The van der Waals surface area contributed by atoms with Gasteiger partial charge in [0.05, 0.1) is 17.8 Å². The first-order valence-corrected chi connectivity index (χ1v) is 6.64. The van der Waals surface area contributed by atoms with E-state index in [0.29, 0.717) is 13.2 Å². The van der Waals surface area contributed by atoms with Crippen LogP contribution in [0.3, 0.4) is 0 Å². The number of methoxy groups -OCH3 is 1. The zero-order chi connectivity index (χ0) is 12.8. The molecule has 1 atom stereocenters. The first-order chi connectivity index (χ1) is 8.74. The van der Waals surface area contributed by atoms with Crippen molar-refractivity contribution in [3.63, 3.8) is 0 Å². The molecule has 1 aromatic heterocycles. The van der Waals surface area contributed by atoms with Crippen LogP contribution in [0.15, 0.2) is 35.7 Å². The van der Waals surface area contributed by atoms with Crippen LogP contribution in [-0.4, -0.2) is 23.3 Å². The zero-order valence-corrected chi connectivity index (χ0v) is 11.4. The van der Waals surface area contributed by atoms with Crippen LogP contribution in [0.5, 0.6) is 0 Å². The highest BCUT2D eigenvalue weighted by molar-refractivity contribution is 7.03. The van der Waals surface area contributed by atoms with Gasteiger partial charge < -0.3 is 4.74 Å². The molecular weight excluding hydrogens is 246 g/mol. The molecular formula is C13H17N3OS. The molecule has 0 saturated heterocycles. The van der Waals surface area contributed by atoms with Gasteiger partial charge in [-0.2, -0.15) is 0 Å². The molecule has 96 valence electrons. The van der Waals surface area contributed by atoms with Gasteiger partial charge in [-0.1, -0.05) is 34.8 Å². The van der Waals surface area contributed by atoms with E-state index in [1.54, 1.807) is 7.11 Å². The Morgan fingerprint density at radius 2 is 2.11 bits per heavy atom. The zero-order valence-electron chi connectivity index (χ0n) is 10.6. The number of hydrogen-bond acceptors (Lipinski definition) is 5. The van der Waals surface area contributed by atoms with Gasteiger partial charge in [-0.3, -0.25) is 5.32 Å². The summed E-state index contributed by atoms with van der Waals surface area (Å²) < 4.78 is 9.20. The van der Waals surface area contributed by atoms with Gasteiger partial charge >= 0.3 is 0 Å². The van der Waals surface area contributed by atoms with Crippen LogP contribution >= 0.6 is 11.5 Å². The Hall–Kier alpha value is -1.30.